The van der Waals surface area contributed by atoms with E-state index in [1.165, 1.54) is 0 Å². The largest absolute Gasteiger partial charge is 0.493 e. The summed E-state index contributed by atoms with van der Waals surface area (Å²) in [5.74, 6) is 2.34. The summed E-state index contributed by atoms with van der Waals surface area (Å²) in [4.78, 5) is 10.5. The summed E-state index contributed by atoms with van der Waals surface area (Å²) in [6.07, 6.45) is 1.60. The molecule has 1 aliphatic rings. The maximum absolute atomic E-state index is 10.5. The summed E-state index contributed by atoms with van der Waals surface area (Å²) in [5.41, 5.74) is 1.78. The van der Waals surface area contributed by atoms with Crippen molar-refractivity contribution in [3.8, 4) is 17.2 Å². The molecule has 1 aliphatic heterocycles. The van der Waals surface area contributed by atoms with Crippen molar-refractivity contribution in [3.05, 3.63) is 53.6 Å². The average Bonchev–Trinajstić information content (AvgIpc) is 2.95. The van der Waals surface area contributed by atoms with Crippen LogP contribution in [0.5, 0.6) is 17.2 Å². The summed E-state index contributed by atoms with van der Waals surface area (Å²) < 4.78 is 16.2. The molecule has 0 N–H and O–H groups in total. The molecule has 0 spiro atoms. The van der Waals surface area contributed by atoms with E-state index in [1.807, 2.05) is 18.2 Å². The van der Waals surface area contributed by atoms with E-state index >= 15 is 0 Å². The first kappa shape index (κ1) is 12.5. The summed E-state index contributed by atoms with van der Waals surface area (Å²) in [6, 6.07) is 13.0. The summed E-state index contributed by atoms with van der Waals surface area (Å²) in [6.45, 7) is 0.860. The Bertz CT molecular complexity index is 604. The monoisotopic (exact) mass is 270 g/mol. The highest BCUT2D eigenvalue weighted by atomic mass is 16.7. The van der Waals surface area contributed by atoms with E-state index in [0.29, 0.717) is 19.0 Å². The SMILES string of the molecule is O=Cc1ccc(OCCc2ccc3c(c2)OCO3)cc1. The van der Waals surface area contributed by atoms with Gasteiger partial charge in [0.05, 0.1) is 6.61 Å². The Morgan fingerprint density at radius 1 is 1.05 bits per heavy atom. The standard InChI is InChI=1S/C16H14O4/c17-10-13-1-4-14(5-2-13)18-8-7-12-3-6-15-16(9-12)20-11-19-15/h1-6,9-10H,7-8,11H2. The molecule has 0 atom stereocenters. The topological polar surface area (TPSA) is 44.8 Å². The molecule has 0 bridgehead atoms. The molecule has 4 heteroatoms. The van der Waals surface area contributed by atoms with Gasteiger partial charge in [-0.15, -0.1) is 0 Å². The molecule has 0 aliphatic carbocycles. The van der Waals surface area contributed by atoms with Crippen molar-refractivity contribution >= 4 is 6.29 Å². The second-order valence-corrected chi connectivity index (χ2v) is 4.47. The van der Waals surface area contributed by atoms with Crippen LogP contribution in [-0.4, -0.2) is 19.7 Å². The van der Waals surface area contributed by atoms with E-state index in [2.05, 4.69) is 0 Å². The van der Waals surface area contributed by atoms with Gasteiger partial charge in [-0.2, -0.15) is 0 Å². The minimum Gasteiger partial charge on any atom is -0.493 e. The van der Waals surface area contributed by atoms with Crippen LogP contribution in [0, 0.1) is 0 Å². The Labute approximate surface area is 116 Å². The van der Waals surface area contributed by atoms with Gasteiger partial charge in [0.2, 0.25) is 6.79 Å². The van der Waals surface area contributed by atoms with Crippen LogP contribution in [0.2, 0.25) is 0 Å². The number of ether oxygens (including phenoxy) is 3. The Morgan fingerprint density at radius 2 is 1.85 bits per heavy atom. The van der Waals surface area contributed by atoms with Crippen molar-refractivity contribution in [1.29, 1.82) is 0 Å². The molecule has 0 amide bonds. The van der Waals surface area contributed by atoms with Crippen LogP contribution in [0.3, 0.4) is 0 Å². The van der Waals surface area contributed by atoms with Crippen molar-refractivity contribution in [2.24, 2.45) is 0 Å². The van der Waals surface area contributed by atoms with Crippen LogP contribution in [0.1, 0.15) is 15.9 Å². The zero-order chi connectivity index (χ0) is 13.8. The first-order chi connectivity index (χ1) is 9.85. The molecule has 0 fully saturated rings. The molecule has 0 saturated carbocycles. The highest BCUT2D eigenvalue weighted by molar-refractivity contribution is 5.74. The van der Waals surface area contributed by atoms with Crippen molar-refractivity contribution in [1.82, 2.24) is 0 Å². The molecular weight excluding hydrogens is 256 g/mol. The second kappa shape index (κ2) is 5.65. The third-order valence-electron chi connectivity index (χ3n) is 3.11. The molecule has 2 aromatic carbocycles. The number of benzene rings is 2. The van der Waals surface area contributed by atoms with E-state index in [-0.39, 0.29) is 0 Å². The van der Waals surface area contributed by atoms with E-state index in [0.717, 1.165) is 35.5 Å². The maximum atomic E-state index is 10.5. The lowest BCUT2D eigenvalue weighted by Crippen LogP contribution is -2.01. The Balaban J connectivity index is 1.55. The van der Waals surface area contributed by atoms with Gasteiger partial charge in [0.15, 0.2) is 11.5 Å². The number of aldehydes is 1. The van der Waals surface area contributed by atoms with Crippen molar-refractivity contribution in [2.45, 2.75) is 6.42 Å². The van der Waals surface area contributed by atoms with Crippen LogP contribution in [-0.2, 0) is 6.42 Å². The van der Waals surface area contributed by atoms with E-state index in [4.69, 9.17) is 14.2 Å². The molecule has 0 aromatic heterocycles. The Hall–Kier alpha value is -2.49. The minimum atomic E-state index is 0.290. The van der Waals surface area contributed by atoms with Crippen molar-refractivity contribution in [2.75, 3.05) is 13.4 Å². The predicted molar refractivity (Wildman–Crippen MR) is 73.6 cm³/mol. The van der Waals surface area contributed by atoms with Gasteiger partial charge in [0.25, 0.3) is 0 Å². The summed E-state index contributed by atoms with van der Waals surface area (Å²) in [5, 5.41) is 0. The van der Waals surface area contributed by atoms with Gasteiger partial charge in [-0.1, -0.05) is 6.07 Å². The van der Waals surface area contributed by atoms with Crippen LogP contribution < -0.4 is 14.2 Å². The molecule has 20 heavy (non-hydrogen) atoms. The normalized spacial score (nSPS) is 12.2. The molecular formula is C16H14O4. The maximum Gasteiger partial charge on any atom is 0.231 e. The van der Waals surface area contributed by atoms with Gasteiger partial charge in [-0.25, -0.2) is 0 Å². The van der Waals surface area contributed by atoms with E-state index in [9.17, 15) is 4.79 Å². The third-order valence-corrected chi connectivity index (χ3v) is 3.11. The van der Waals surface area contributed by atoms with E-state index < -0.39 is 0 Å². The zero-order valence-electron chi connectivity index (χ0n) is 10.9. The van der Waals surface area contributed by atoms with E-state index in [1.54, 1.807) is 24.3 Å². The van der Waals surface area contributed by atoms with Crippen LogP contribution in [0.4, 0.5) is 0 Å². The van der Waals surface area contributed by atoms with Gasteiger partial charge < -0.3 is 14.2 Å². The summed E-state index contributed by atoms with van der Waals surface area (Å²) in [7, 11) is 0. The highest BCUT2D eigenvalue weighted by Gasteiger charge is 2.12. The highest BCUT2D eigenvalue weighted by Crippen LogP contribution is 2.32. The quantitative estimate of drug-likeness (QED) is 0.784. The van der Waals surface area contributed by atoms with Gasteiger partial charge >= 0.3 is 0 Å². The Kier molecular flexibility index (Phi) is 3.54. The molecule has 102 valence electrons. The third kappa shape index (κ3) is 2.74. The number of hydrogen-bond acceptors (Lipinski definition) is 4. The fraction of sp³-hybridized carbons (Fsp3) is 0.188. The number of carbonyl (C=O) groups is 1. The van der Waals surface area contributed by atoms with Crippen LogP contribution in [0.25, 0.3) is 0 Å². The number of rotatable bonds is 5. The lowest BCUT2D eigenvalue weighted by molar-refractivity contribution is 0.112. The lowest BCUT2D eigenvalue weighted by atomic mass is 10.1. The molecule has 0 radical (unpaired) electrons. The van der Waals surface area contributed by atoms with Crippen LogP contribution >= 0.6 is 0 Å². The first-order valence-electron chi connectivity index (χ1n) is 6.42. The van der Waals surface area contributed by atoms with Crippen molar-refractivity contribution in [3.63, 3.8) is 0 Å². The van der Waals surface area contributed by atoms with Gasteiger partial charge in [-0.3, -0.25) is 4.79 Å². The second-order valence-electron chi connectivity index (χ2n) is 4.47. The minimum absolute atomic E-state index is 0.290. The fourth-order valence-corrected chi connectivity index (χ4v) is 2.03. The Morgan fingerprint density at radius 3 is 2.65 bits per heavy atom. The molecule has 2 aromatic rings. The summed E-state index contributed by atoms with van der Waals surface area (Å²) >= 11 is 0. The average molecular weight is 270 g/mol. The number of carbonyl (C=O) groups excluding carboxylic acids is 1. The molecule has 1 heterocycles. The first-order valence-corrected chi connectivity index (χ1v) is 6.42. The smallest absolute Gasteiger partial charge is 0.231 e. The van der Waals surface area contributed by atoms with Gasteiger partial charge in [0.1, 0.15) is 12.0 Å². The molecule has 3 rings (SSSR count). The van der Waals surface area contributed by atoms with Gasteiger partial charge in [0, 0.05) is 12.0 Å². The van der Waals surface area contributed by atoms with Crippen molar-refractivity contribution < 1.29 is 19.0 Å². The lowest BCUT2D eigenvalue weighted by Gasteiger charge is -2.07. The number of hydrogen-bond donors (Lipinski definition) is 0. The molecule has 0 saturated heterocycles. The molecule has 4 nitrogen and oxygen atoms in total. The zero-order valence-corrected chi connectivity index (χ0v) is 10.9. The van der Waals surface area contributed by atoms with Gasteiger partial charge in [-0.05, 0) is 42.0 Å². The molecule has 0 unspecified atom stereocenters. The number of fused-ring (bicyclic) bond motifs is 1. The fourth-order valence-electron chi connectivity index (χ4n) is 2.03. The predicted octanol–water partition coefficient (Wildman–Crippen LogP) is 2.85. The van der Waals surface area contributed by atoms with Crippen LogP contribution in [0.15, 0.2) is 42.5 Å².